The van der Waals surface area contributed by atoms with E-state index in [2.05, 4.69) is 0 Å². The van der Waals surface area contributed by atoms with Crippen molar-refractivity contribution in [2.24, 2.45) is 11.8 Å². The maximum absolute atomic E-state index is 13.5. The SMILES string of the molecule is CC(C=O)C(c1ccc(F)cc1)C(C(=O)O)(C(=O)C1CC1)c1ccccc1. The number of rotatable bonds is 8. The fourth-order valence-electron chi connectivity index (χ4n) is 3.90. The van der Waals surface area contributed by atoms with Crippen LogP contribution in [0, 0.1) is 17.7 Å². The summed E-state index contributed by atoms with van der Waals surface area (Å²) in [4.78, 5) is 37.8. The number of hydrogen-bond donors (Lipinski definition) is 1. The second kappa shape index (κ2) is 7.43. The van der Waals surface area contributed by atoms with Gasteiger partial charge in [0, 0.05) is 17.8 Å². The number of carbonyl (C=O) groups is 3. The topological polar surface area (TPSA) is 71.4 Å². The molecule has 2 aromatic carbocycles. The molecule has 0 radical (unpaired) electrons. The van der Waals surface area contributed by atoms with Crippen molar-refractivity contribution in [1.82, 2.24) is 0 Å². The lowest BCUT2D eigenvalue weighted by Crippen LogP contribution is -2.51. The van der Waals surface area contributed by atoms with E-state index >= 15 is 0 Å². The van der Waals surface area contributed by atoms with Crippen molar-refractivity contribution in [1.29, 1.82) is 0 Å². The average Bonchev–Trinajstić information content (AvgIpc) is 3.51. The van der Waals surface area contributed by atoms with E-state index in [0.29, 0.717) is 30.3 Å². The molecule has 1 aliphatic carbocycles. The number of carboxylic acids is 1. The second-order valence-electron chi connectivity index (χ2n) is 7.14. The maximum Gasteiger partial charge on any atom is 0.322 e. The molecule has 3 unspecified atom stereocenters. The predicted molar refractivity (Wildman–Crippen MR) is 97.9 cm³/mol. The number of aldehydes is 1. The van der Waals surface area contributed by atoms with Crippen LogP contribution in [0.25, 0.3) is 0 Å². The van der Waals surface area contributed by atoms with E-state index in [1.165, 1.54) is 24.3 Å². The third kappa shape index (κ3) is 3.29. The summed E-state index contributed by atoms with van der Waals surface area (Å²) in [6, 6.07) is 13.7. The standard InChI is InChI=1S/C22H21FO4/c1-14(13-24)19(15-9-11-18(23)12-10-15)22(21(26)27,20(25)16-7-8-16)17-5-3-2-4-6-17/h2-6,9-14,16,19H,7-8H2,1H3,(H,26,27). The summed E-state index contributed by atoms with van der Waals surface area (Å²) in [6.45, 7) is 1.60. The molecule has 4 nitrogen and oxygen atoms in total. The molecule has 1 aliphatic rings. The highest BCUT2D eigenvalue weighted by Crippen LogP contribution is 2.49. The van der Waals surface area contributed by atoms with Crippen LogP contribution in [-0.4, -0.2) is 23.1 Å². The minimum absolute atomic E-state index is 0.330. The Morgan fingerprint density at radius 2 is 1.70 bits per heavy atom. The second-order valence-corrected chi connectivity index (χ2v) is 7.14. The van der Waals surface area contributed by atoms with Crippen LogP contribution < -0.4 is 0 Å². The average molecular weight is 368 g/mol. The van der Waals surface area contributed by atoms with Crippen molar-refractivity contribution in [2.45, 2.75) is 31.1 Å². The van der Waals surface area contributed by atoms with Crippen molar-refractivity contribution in [2.75, 3.05) is 0 Å². The molecular formula is C22H21FO4. The van der Waals surface area contributed by atoms with E-state index in [0.717, 1.165) is 0 Å². The van der Waals surface area contributed by atoms with Gasteiger partial charge in [-0.3, -0.25) is 9.59 Å². The summed E-state index contributed by atoms with van der Waals surface area (Å²) in [5.41, 5.74) is -1.10. The molecule has 0 bridgehead atoms. The Kier molecular flexibility index (Phi) is 5.22. The molecule has 0 amide bonds. The maximum atomic E-state index is 13.5. The summed E-state index contributed by atoms with van der Waals surface area (Å²) in [6.07, 6.45) is 1.95. The smallest absolute Gasteiger partial charge is 0.322 e. The number of carbonyl (C=O) groups excluding carboxylic acids is 2. The van der Waals surface area contributed by atoms with Crippen LogP contribution in [0.15, 0.2) is 54.6 Å². The zero-order valence-electron chi connectivity index (χ0n) is 15.0. The van der Waals surface area contributed by atoms with Gasteiger partial charge in [0.1, 0.15) is 12.1 Å². The predicted octanol–water partition coefficient (Wildman–Crippen LogP) is 3.75. The van der Waals surface area contributed by atoms with E-state index in [4.69, 9.17) is 0 Å². The normalized spacial score (nSPS) is 18.1. The van der Waals surface area contributed by atoms with Gasteiger partial charge in [0.05, 0.1) is 0 Å². The van der Waals surface area contributed by atoms with Gasteiger partial charge >= 0.3 is 5.97 Å². The fraction of sp³-hybridized carbons (Fsp3) is 0.318. The number of Topliss-reactive ketones (excluding diaryl/α,β-unsaturated/α-hetero) is 1. The molecule has 0 spiro atoms. The first kappa shape index (κ1) is 19.0. The van der Waals surface area contributed by atoms with E-state index in [1.807, 2.05) is 0 Å². The van der Waals surface area contributed by atoms with Gasteiger partial charge in [-0.1, -0.05) is 49.4 Å². The molecular weight excluding hydrogens is 347 g/mol. The van der Waals surface area contributed by atoms with Crippen molar-refractivity contribution >= 4 is 18.0 Å². The number of carboxylic acid groups (broad SMARTS) is 1. The summed E-state index contributed by atoms with van der Waals surface area (Å²) in [5, 5.41) is 10.3. The lowest BCUT2D eigenvalue weighted by atomic mass is 9.60. The van der Waals surface area contributed by atoms with E-state index < -0.39 is 29.0 Å². The Balaban J connectivity index is 2.30. The minimum atomic E-state index is -1.90. The third-order valence-electron chi connectivity index (χ3n) is 5.34. The van der Waals surface area contributed by atoms with Crippen LogP contribution in [0.2, 0.25) is 0 Å². The van der Waals surface area contributed by atoms with Crippen LogP contribution in [0.4, 0.5) is 4.39 Å². The van der Waals surface area contributed by atoms with Gasteiger partial charge in [0.15, 0.2) is 11.2 Å². The summed E-state index contributed by atoms with van der Waals surface area (Å²) in [7, 11) is 0. The first-order chi connectivity index (χ1) is 12.9. The van der Waals surface area contributed by atoms with Gasteiger partial charge in [0.25, 0.3) is 0 Å². The van der Waals surface area contributed by atoms with Gasteiger partial charge in [0.2, 0.25) is 0 Å². The molecule has 3 rings (SSSR count). The molecule has 2 aromatic rings. The number of ketones is 1. The van der Waals surface area contributed by atoms with Crippen LogP contribution in [0.1, 0.15) is 36.8 Å². The highest BCUT2D eigenvalue weighted by molar-refractivity contribution is 6.12. The molecule has 27 heavy (non-hydrogen) atoms. The molecule has 1 fully saturated rings. The fourth-order valence-corrected chi connectivity index (χ4v) is 3.90. The van der Waals surface area contributed by atoms with Gasteiger partial charge in [-0.25, -0.2) is 4.39 Å². The number of benzene rings is 2. The molecule has 0 saturated heterocycles. The molecule has 1 N–H and O–H groups in total. The number of hydrogen-bond acceptors (Lipinski definition) is 3. The Morgan fingerprint density at radius 3 is 2.19 bits per heavy atom. The Hall–Kier alpha value is -2.82. The monoisotopic (exact) mass is 368 g/mol. The zero-order valence-corrected chi connectivity index (χ0v) is 15.0. The Bertz CT molecular complexity index is 842. The minimum Gasteiger partial charge on any atom is -0.480 e. The zero-order chi connectivity index (χ0) is 19.6. The summed E-state index contributed by atoms with van der Waals surface area (Å²) in [5.74, 6) is -4.16. The molecule has 0 aliphatic heterocycles. The molecule has 0 heterocycles. The van der Waals surface area contributed by atoms with Crippen LogP contribution in [0.5, 0.6) is 0 Å². The largest absolute Gasteiger partial charge is 0.480 e. The van der Waals surface area contributed by atoms with Gasteiger partial charge < -0.3 is 9.90 Å². The number of halogens is 1. The summed E-state index contributed by atoms with van der Waals surface area (Å²) < 4.78 is 13.5. The van der Waals surface area contributed by atoms with E-state index in [1.54, 1.807) is 37.3 Å². The Morgan fingerprint density at radius 1 is 1.11 bits per heavy atom. The lowest BCUT2D eigenvalue weighted by Gasteiger charge is -2.39. The molecule has 3 atom stereocenters. The highest BCUT2D eigenvalue weighted by Gasteiger charge is 2.58. The lowest BCUT2D eigenvalue weighted by molar-refractivity contribution is -0.151. The van der Waals surface area contributed by atoms with Crippen molar-refractivity contribution < 1.29 is 23.9 Å². The molecule has 1 saturated carbocycles. The third-order valence-corrected chi connectivity index (χ3v) is 5.34. The van der Waals surface area contributed by atoms with Crippen LogP contribution in [0.3, 0.4) is 0 Å². The number of aliphatic carboxylic acids is 1. The van der Waals surface area contributed by atoms with E-state index in [-0.39, 0.29) is 11.7 Å². The quantitative estimate of drug-likeness (QED) is 0.569. The van der Waals surface area contributed by atoms with Gasteiger partial charge in [-0.2, -0.15) is 0 Å². The molecule has 0 aromatic heterocycles. The van der Waals surface area contributed by atoms with E-state index in [9.17, 15) is 23.9 Å². The van der Waals surface area contributed by atoms with Crippen molar-refractivity contribution in [3.63, 3.8) is 0 Å². The van der Waals surface area contributed by atoms with Crippen molar-refractivity contribution in [3.8, 4) is 0 Å². The summed E-state index contributed by atoms with van der Waals surface area (Å²) >= 11 is 0. The van der Waals surface area contributed by atoms with Gasteiger partial charge in [-0.05, 0) is 36.1 Å². The highest BCUT2D eigenvalue weighted by atomic mass is 19.1. The Labute approximate surface area is 157 Å². The van der Waals surface area contributed by atoms with Crippen LogP contribution >= 0.6 is 0 Å². The molecule has 5 heteroatoms. The first-order valence-electron chi connectivity index (χ1n) is 8.97. The van der Waals surface area contributed by atoms with Crippen molar-refractivity contribution in [3.05, 3.63) is 71.5 Å². The first-order valence-corrected chi connectivity index (χ1v) is 8.97. The van der Waals surface area contributed by atoms with Gasteiger partial charge in [-0.15, -0.1) is 0 Å². The van der Waals surface area contributed by atoms with Crippen LogP contribution in [-0.2, 0) is 19.8 Å². The molecule has 140 valence electrons.